The smallest absolute Gasteiger partial charge is 0.323 e. The largest absolute Gasteiger partial charge is 0.401 e. The van der Waals surface area contributed by atoms with Crippen LogP contribution in [0.25, 0.3) is 11.0 Å². The van der Waals surface area contributed by atoms with Crippen molar-refractivity contribution in [1.82, 2.24) is 14.9 Å². The maximum atomic E-state index is 12.2. The lowest BCUT2D eigenvalue weighted by atomic mass is 10.3. The predicted octanol–water partition coefficient (Wildman–Crippen LogP) is 3.68. The van der Waals surface area contributed by atoms with Crippen LogP contribution in [0.4, 0.5) is 13.2 Å². The van der Waals surface area contributed by atoms with Crippen molar-refractivity contribution in [3.05, 3.63) is 29.0 Å². The Bertz CT molecular complexity index is 632. The van der Waals surface area contributed by atoms with E-state index in [9.17, 15) is 13.2 Å². The second-order valence-corrected chi connectivity index (χ2v) is 5.36. The first-order valence-corrected chi connectivity index (χ1v) is 6.76. The number of halogens is 4. The summed E-state index contributed by atoms with van der Waals surface area (Å²) in [5.74, 6) is 0.611. The van der Waals surface area contributed by atoms with Crippen molar-refractivity contribution in [3.8, 4) is 0 Å². The van der Waals surface area contributed by atoms with E-state index in [2.05, 4.69) is 10.3 Å². The number of hydrogen-bond donors (Lipinski definition) is 1. The topological polar surface area (TPSA) is 29.9 Å². The van der Waals surface area contributed by atoms with Crippen molar-refractivity contribution in [2.75, 3.05) is 6.54 Å². The van der Waals surface area contributed by atoms with Gasteiger partial charge in [0.2, 0.25) is 0 Å². The van der Waals surface area contributed by atoms with Crippen molar-refractivity contribution in [2.24, 2.45) is 0 Å². The number of imidazole rings is 1. The molecule has 1 aliphatic carbocycles. The SMILES string of the molecule is FC(F)(F)CNCc1nc2cccc(Cl)c2n1C1CC1. The van der Waals surface area contributed by atoms with E-state index in [4.69, 9.17) is 11.6 Å². The zero-order valence-electron chi connectivity index (χ0n) is 10.5. The van der Waals surface area contributed by atoms with E-state index in [1.165, 1.54) is 0 Å². The van der Waals surface area contributed by atoms with Gasteiger partial charge in [-0.2, -0.15) is 13.2 Å². The van der Waals surface area contributed by atoms with Crippen molar-refractivity contribution in [2.45, 2.75) is 31.6 Å². The van der Waals surface area contributed by atoms with E-state index in [1.54, 1.807) is 12.1 Å². The molecule has 0 bridgehead atoms. The molecule has 0 atom stereocenters. The molecule has 108 valence electrons. The Morgan fingerprint density at radius 2 is 2.10 bits per heavy atom. The molecule has 1 fully saturated rings. The number of rotatable bonds is 4. The molecule has 1 aromatic carbocycles. The lowest BCUT2D eigenvalue weighted by Gasteiger charge is -2.10. The summed E-state index contributed by atoms with van der Waals surface area (Å²) >= 11 is 6.19. The Morgan fingerprint density at radius 3 is 2.75 bits per heavy atom. The Morgan fingerprint density at radius 1 is 1.35 bits per heavy atom. The summed E-state index contributed by atoms with van der Waals surface area (Å²) in [6.45, 7) is -0.935. The molecule has 1 heterocycles. The van der Waals surface area contributed by atoms with E-state index >= 15 is 0 Å². The second kappa shape index (κ2) is 4.93. The number of benzene rings is 1. The number of nitrogens with one attached hydrogen (secondary N) is 1. The molecule has 3 rings (SSSR count). The van der Waals surface area contributed by atoms with Crippen molar-refractivity contribution < 1.29 is 13.2 Å². The summed E-state index contributed by atoms with van der Waals surface area (Å²) in [5.41, 5.74) is 1.55. The van der Waals surface area contributed by atoms with Gasteiger partial charge >= 0.3 is 6.18 Å². The Hall–Kier alpha value is -1.27. The van der Waals surface area contributed by atoms with Crippen LogP contribution < -0.4 is 5.32 Å². The summed E-state index contributed by atoms with van der Waals surface area (Å²) in [6.07, 6.45) is -2.18. The third-order valence-corrected chi connectivity index (χ3v) is 3.56. The normalized spacial score (nSPS) is 16.0. The molecular formula is C13H13ClF3N3. The fourth-order valence-corrected chi connectivity index (χ4v) is 2.58. The minimum absolute atomic E-state index is 0.0843. The van der Waals surface area contributed by atoms with Gasteiger partial charge in [0.25, 0.3) is 0 Å². The van der Waals surface area contributed by atoms with Gasteiger partial charge in [0.1, 0.15) is 5.82 Å². The summed E-state index contributed by atoms with van der Waals surface area (Å²) in [5, 5.41) is 2.98. The van der Waals surface area contributed by atoms with Crippen molar-refractivity contribution >= 4 is 22.6 Å². The van der Waals surface area contributed by atoms with Crippen LogP contribution in [-0.2, 0) is 6.54 Å². The summed E-state index contributed by atoms with van der Waals surface area (Å²) < 4.78 is 38.5. The molecule has 1 aromatic heterocycles. The number of para-hydroxylation sites is 1. The van der Waals surface area contributed by atoms with Gasteiger partial charge in [0.15, 0.2) is 0 Å². The molecule has 0 aliphatic heterocycles. The molecule has 2 aromatic rings. The van der Waals surface area contributed by atoms with Gasteiger partial charge in [-0.05, 0) is 25.0 Å². The van der Waals surface area contributed by atoms with Crippen molar-refractivity contribution in [3.63, 3.8) is 0 Å². The van der Waals surface area contributed by atoms with Crippen LogP contribution in [0.2, 0.25) is 5.02 Å². The number of fused-ring (bicyclic) bond motifs is 1. The van der Waals surface area contributed by atoms with Gasteiger partial charge in [-0.3, -0.25) is 0 Å². The molecule has 0 amide bonds. The number of hydrogen-bond acceptors (Lipinski definition) is 2. The third-order valence-electron chi connectivity index (χ3n) is 3.25. The average molecular weight is 304 g/mol. The van der Waals surface area contributed by atoms with Crippen LogP contribution in [0.1, 0.15) is 24.7 Å². The molecule has 1 aliphatic rings. The maximum absolute atomic E-state index is 12.2. The fraction of sp³-hybridized carbons (Fsp3) is 0.462. The molecule has 0 unspecified atom stereocenters. The zero-order chi connectivity index (χ0) is 14.3. The van der Waals surface area contributed by atoms with Crippen LogP contribution >= 0.6 is 11.6 Å². The third kappa shape index (κ3) is 2.76. The van der Waals surface area contributed by atoms with E-state index in [1.807, 2.05) is 10.6 Å². The highest BCUT2D eigenvalue weighted by Gasteiger charge is 2.30. The van der Waals surface area contributed by atoms with Gasteiger partial charge in [0, 0.05) is 6.04 Å². The highest BCUT2D eigenvalue weighted by Crippen LogP contribution is 2.40. The van der Waals surface area contributed by atoms with Crippen LogP contribution in [-0.4, -0.2) is 22.3 Å². The number of nitrogens with zero attached hydrogens (tertiary/aromatic N) is 2. The van der Waals surface area contributed by atoms with Crippen LogP contribution in [0.15, 0.2) is 18.2 Å². The van der Waals surface area contributed by atoms with Gasteiger partial charge < -0.3 is 9.88 Å². The minimum atomic E-state index is -4.21. The average Bonchev–Trinajstić information content (AvgIpc) is 3.10. The fourth-order valence-electron chi connectivity index (χ4n) is 2.32. The monoisotopic (exact) mass is 303 g/mol. The molecule has 3 nitrogen and oxygen atoms in total. The Balaban J connectivity index is 1.90. The van der Waals surface area contributed by atoms with E-state index < -0.39 is 12.7 Å². The minimum Gasteiger partial charge on any atom is -0.323 e. The van der Waals surface area contributed by atoms with Gasteiger partial charge in [0.05, 0.1) is 29.1 Å². The highest BCUT2D eigenvalue weighted by atomic mass is 35.5. The highest BCUT2D eigenvalue weighted by molar-refractivity contribution is 6.35. The van der Waals surface area contributed by atoms with Crippen LogP contribution in [0.3, 0.4) is 0 Å². The predicted molar refractivity (Wildman–Crippen MR) is 70.8 cm³/mol. The summed E-state index contributed by atoms with van der Waals surface area (Å²) in [7, 11) is 0. The van der Waals surface area contributed by atoms with E-state index in [0.29, 0.717) is 16.9 Å². The Kier molecular flexibility index (Phi) is 3.38. The van der Waals surface area contributed by atoms with Gasteiger partial charge in [-0.1, -0.05) is 17.7 Å². The molecule has 20 heavy (non-hydrogen) atoms. The quantitative estimate of drug-likeness (QED) is 0.934. The number of aromatic nitrogens is 2. The molecule has 7 heteroatoms. The molecule has 0 saturated heterocycles. The second-order valence-electron chi connectivity index (χ2n) is 4.96. The van der Waals surface area contributed by atoms with Gasteiger partial charge in [-0.25, -0.2) is 4.98 Å². The first-order valence-electron chi connectivity index (χ1n) is 6.38. The van der Waals surface area contributed by atoms with E-state index in [0.717, 1.165) is 23.9 Å². The lowest BCUT2D eigenvalue weighted by Crippen LogP contribution is -2.29. The summed E-state index contributed by atoms with van der Waals surface area (Å²) in [6, 6.07) is 5.70. The van der Waals surface area contributed by atoms with Gasteiger partial charge in [-0.15, -0.1) is 0 Å². The first kappa shape index (κ1) is 13.7. The molecule has 0 spiro atoms. The first-order chi connectivity index (χ1) is 9.46. The Labute approximate surface area is 118 Å². The van der Waals surface area contributed by atoms with Crippen LogP contribution in [0.5, 0.6) is 0 Å². The van der Waals surface area contributed by atoms with Crippen LogP contribution in [0, 0.1) is 0 Å². The lowest BCUT2D eigenvalue weighted by molar-refractivity contribution is -0.125. The van der Waals surface area contributed by atoms with E-state index in [-0.39, 0.29) is 6.54 Å². The zero-order valence-corrected chi connectivity index (χ0v) is 11.3. The molecular weight excluding hydrogens is 291 g/mol. The maximum Gasteiger partial charge on any atom is 0.401 e. The summed E-state index contributed by atoms with van der Waals surface area (Å²) in [4.78, 5) is 4.40. The molecule has 1 N–H and O–H groups in total. The molecule has 1 saturated carbocycles. The number of alkyl halides is 3. The van der Waals surface area contributed by atoms with Crippen molar-refractivity contribution in [1.29, 1.82) is 0 Å². The standard InChI is InChI=1S/C13H13ClF3N3/c14-9-2-1-3-10-12(9)20(8-4-5-8)11(19-10)6-18-7-13(15,16)17/h1-3,8,18H,4-7H2. The molecule has 0 radical (unpaired) electrons.